The van der Waals surface area contributed by atoms with Gasteiger partial charge in [0, 0.05) is 0 Å². The topological polar surface area (TPSA) is 0 Å². The van der Waals surface area contributed by atoms with E-state index in [0.717, 1.165) is 17.8 Å². The highest BCUT2D eigenvalue weighted by Gasteiger charge is 2.62. The third-order valence-corrected chi connectivity index (χ3v) is 6.16. The van der Waals surface area contributed by atoms with Crippen molar-refractivity contribution in [3.05, 3.63) is 0 Å². The maximum atomic E-state index is 2.54. The summed E-state index contributed by atoms with van der Waals surface area (Å²) >= 11 is 2.20. The van der Waals surface area contributed by atoms with Crippen molar-refractivity contribution in [3.63, 3.8) is 0 Å². The molecule has 0 N–H and O–H groups in total. The Kier molecular flexibility index (Phi) is 5.72. The Balaban J connectivity index is 0.000000437. The lowest BCUT2D eigenvalue weighted by Gasteiger charge is -2.51. The van der Waals surface area contributed by atoms with Crippen LogP contribution in [0.1, 0.15) is 60.3 Å². The molecule has 0 amide bonds. The monoisotopic (exact) mass is 368 g/mol. The van der Waals surface area contributed by atoms with Crippen molar-refractivity contribution >= 4 is 30.1 Å². The van der Waals surface area contributed by atoms with Crippen molar-refractivity contribution in [3.8, 4) is 0 Å². The molecular formula is C15H29IS. The van der Waals surface area contributed by atoms with Crippen molar-refractivity contribution in [2.24, 2.45) is 28.6 Å². The van der Waals surface area contributed by atoms with Gasteiger partial charge in [-0.3, -0.25) is 0 Å². The summed E-state index contributed by atoms with van der Waals surface area (Å²) in [4.78, 5) is 0. The summed E-state index contributed by atoms with van der Waals surface area (Å²) in [5.41, 5.74) is 1.27. The molecule has 2 aliphatic carbocycles. The molecule has 0 aliphatic heterocycles. The van der Waals surface area contributed by atoms with E-state index in [2.05, 4.69) is 55.8 Å². The summed E-state index contributed by atoms with van der Waals surface area (Å²) in [7, 11) is 1.72. The smallest absolute Gasteiger partial charge is 0.00450 e. The van der Waals surface area contributed by atoms with Crippen molar-refractivity contribution in [1.29, 1.82) is 0 Å². The lowest BCUT2D eigenvalue weighted by molar-refractivity contribution is -0.0280. The molecule has 0 heterocycles. The summed E-state index contributed by atoms with van der Waals surface area (Å²) in [5, 5.41) is 0. The average molecular weight is 368 g/mol. The van der Waals surface area contributed by atoms with Gasteiger partial charge in [-0.25, -0.2) is 0 Å². The van der Waals surface area contributed by atoms with Crippen LogP contribution < -0.4 is 0 Å². The third-order valence-electron chi connectivity index (χ3n) is 6.16. The molecule has 2 fully saturated rings. The molecule has 17 heavy (non-hydrogen) atoms. The molecule has 3 unspecified atom stereocenters. The number of hydrogen-bond acceptors (Lipinski definition) is 1. The van der Waals surface area contributed by atoms with Gasteiger partial charge in [-0.05, 0) is 81.7 Å². The van der Waals surface area contributed by atoms with Crippen molar-refractivity contribution in [2.45, 2.75) is 60.3 Å². The van der Waals surface area contributed by atoms with Crippen LogP contribution in [0.15, 0.2) is 0 Å². The molecule has 0 radical (unpaired) electrons. The summed E-state index contributed by atoms with van der Waals surface area (Å²) in [5.74, 6) is 3.04. The van der Waals surface area contributed by atoms with Gasteiger partial charge in [0.1, 0.15) is 0 Å². The minimum atomic E-state index is 0.605. The van der Waals surface area contributed by atoms with Gasteiger partial charge in [-0.1, -0.05) is 43.6 Å². The second kappa shape index (κ2) is 6.02. The van der Waals surface area contributed by atoms with Gasteiger partial charge in [0.25, 0.3) is 0 Å². The second-order valence-corrected chi connectivity index (χ2v) is 9.44. The Morgan fingerprint density at radius 2 is 1.65 bits per heavy atom. The van der Waals surface area contributed by atoms with Crippen molar-refractivity contribution in [1.82, 2.24) is 0 Å². The number of rotatable bonds is 2. The first-order valence-corrected chi connectivity index (χ1v) is 10.8. The Bertz CT molecular complexity index is 245. The second-order valence-electron chi connectivity index (χ2n) is 6.49. The summed E-state index contributed by atoms with van der Waals surface area (Å²) in [6, 6.07) is 0. The predicted molar refractivity (Wildman–Crippen MR) is 89.7 cm³/mol. The highest BCUT2D eigenvalue weighted by molar-refractivity contribution is 14.2. The first kappa shape index (κ1) is 16.1. The fraction of sp³-hybridized carbons (Fsp3) is 1.00. The fourth-order valence-electron chi connectivity index (χ4n) is 5.18. The molecule has 2 heteroatoms. The van der Waals surface area contributed by atoms with Crippen molar-refractivity contribution in [2.75, 3.05) is 6.26 Å². The summed E-state index contributed by atoms with van der Waals surface area (Å²) in [6.07, 6.45) is 7.83. The van der Waals surface area contributed by atoms with E-state index in [9.17, 15) is 0 Å². The van der Waals surface area contributed by atoms with Crippen LogP contribution in [-0.2, 0) is 0 Å². The van der Waals surface area contributed by atoms with E-state index in [0.29, 0.717) is 10.8 Å². The number of hydrogen-bond donors (Lipinski definition) is 0. The van der Waals surface area contributed by atoms with Gasteiger partial charge in [0.15, 0.2) is 0 Å². The van der Waals surface area contributed by atoms with E-state index in [4.69, 9.17) is 0 Å². The van der Waals surface area contributed by atoms with Gasteiger partial charge in [-0.15, -0.1) is 0 Å². The van der Waals surface area contributed by atoms with Crippen molar-refractivity contribution < 1.29 is 0 Å². The lowest BCUT2D eigenvalue weighted by Crippen LogP contribution is -2.44. The molecule has 0 saturated heterocycles. The van der Waals surface area contributed by atoms with E-state index in [1.807, 2.05) is 6.26 Å². The van der Waals surface area contributed by atoms with E-state index in [1.165, 1.54) is 25.7 Å². The Hall–Kier alpha value is 1.08. The Morgan fingerprint density at radius 3 is 1.94 bits per heavy atom. The predicted octanol–water partition coefficient (Wildman–Crippen LogP) is 6.19. The zero-order chi connectivity index (χ0) is 13.3. The highest BCUT2D eigenvalue weighted by atomic mass is 127. The van der Waals surface area contributed by atoms with E-state index in [1.54, 1.807) is 8.93 Å². The molecule has 0 aromatic carbocycles. The molecule has 2 bridgehead atoms. The number of halogens is 1. The van der Waals surface area contributed by atoms with E-state index < -0.39 is 0 Å². The minimum absolute atomic E-state index is 0.605. The minimum Gasteiger partial charge on any atom is -0.0928 e. The third kappa shape index (κ3) is 2.42. The molecule has 2 aliphatic rings. The normalized spacial score (nSPS) is 36.5. The van der Waals surface area contributed by atoms with Crippen LogP contribution in [-0.4, -0.2) is 6.26 Å². The molecule has 2 saturated carbocycles. The quantitative estimate of drug-likeness (QED) is 0.524. The van der Waals surface area contributed by atoms with Crippen LogP contribution in [0.25, 0.3) is 0 Å². The largest absolute Gasteiger partial charge is 0.0928 e. The first-order valence-electron chi connectivity index (χ1n) is 7.05. The molecule has 102 valence electrons. The summed E-state index contributed by atoms with van der Waals surface area (Å²) in [6.45, 7) is 12.4. The SMILES string of the molecule is CCC1(CC)C2CC(CC2C)C1(C)C.CSI. The van der Waals surface area contributed by atoms with Crippen LogP contribution in [0, 0.1) is 28.6 Å². The Labute approximate surface area is 125 Å². The Morgan fingerprint density at radius 1 is 1.18 bits per heavy atom. The van der Waals surface area contributed by atoms with E-state index >= 15 is 0 Å². The van der Waals surface area contributed by atoms with Crippen LogP contribution >= 0.6 is 30.1 Å². The van der Waals surface area contributed by atoms with Crippen LogP contribution in [0.4, 0.5) is 0 Å². The van der Waals surface area contributed by atoms with Crippen LogP contribution in [0.3, 0.4) is 0 Å². The zero-order valence-corrected chi connectivity index (χ0v) is 15.3. The molecule has 0 aromatic rings. The molecule has 0 aromatic heterocycles. The molecule has 0 spiro atoms. The maximum absolute atomic E-state index is 2.54. The van der Waals surface area contributed by atoms with Gasteiger partial charge in [-0.2, -0.15) is 0 Å². The number of fused-ring (bicyclic) bond motifs is 2. The molecule has 0 nitrogen and oxygen atoms in total. The standard InChI is InChI=1S/C14H26.CH3IS/c1-6-14(7-2)12-9-11(8-10(12)3)13(14,4)5;1-3-2/h10-12H,6-9H2,1-5H3;1H3. The lowest BCUT2D eigenvalue weighted by atomic mass is 9.53. The van der Waals surface area contributed by atoms with Gasteiger partial charge in [0.05, 0.1) is 0 Å². The van der Waals surface area contributed by atoms with Crippen LogP contribution in [0.5, 0.6) is 0 Å². The molecule has 3 atom stereocenters. The fourth-order valence-corrected chi connectivity index (χ4v) is 5.18. The average Bonchev–Trinajstić information content (AvgIpc) is 2.73. The first-order chi connectivity index (χ1) is 7.91. The van der Waals surface area contributed by atoms with E-state index in [-0.39, 0.29) is 0 Å². The van der Waals surface area contributed by atoms with Gasteiger partial charge in [0.2, 0.25) is 0 Å². The van der Waals surface area contributed by atoms with Gasteiger partial charge >= 0.3 is 0 Å². The summed E-state index contributed by atoms with van der Waals surface area (Å²) < 4.78 is 0. The maximum Gasteiger partial charge on any atom is -0.00450 e. The van der Waals surface area contributed by atoms with Gasteiger partial charge < -0.3 is 0 Å². The van der Waals surface area contributed by atoms with Crippen LogP contribution in [0.2, 0.25) is 0 Å². The zero-order valence-electron chi connectivity index (χ0n) is 12.3. The molecular weight excluding hydrogens is 339 g/mol. The molecule has 2 rings (SSSR count). The highest BCUT2D eigenvalue weighted by Crippen LogP contribution is 2.70.